The normalized spacial score (nSPS) is 16.0. The third-order valence-electron chi connectivity index (χ3n) is 4.82. The molecular weight excluding hydrogens is 440 g/mol. The van der Waals surface area contributed by atoms with E-state index in [9.17, 15) is 39.6 Å². The first-order valence-electron chi connectivity index (χ1n) is 8.47. The van der Waals surface area contributed by atoms with Gasteiger partial charge in [0.25, 0.3) is 12.3 Å². The first kappa shape index (κ1) is 22.1. The van der Waals surface area contributed by atoms with Gasteiger partial charge in [0.1, 0.15) is 16.3 Å². The molecular formula is C17H15F6N3O3S. The molecule has 2 heterocycles. The molecule has 1 amide bonds. The number of hydrogen-bond donors (Lipinski definition) is 1. The molecule has 1 aliphatic rings. The summed E-state index contributed by atoms with van der Waals surface area (Å²) in [5.74, 6) is -4.01. The van der Waals surface area contributed by atoms with E-state index in [2.05, 4.69) is 10.3 Å². The smallest absolute Gasteiger partial charge is 0.343 e. The summed E-state index contributed by atoms with van der Waals surface area (Å²) in [4.78, 5) is 14.7. The Morgan fingerprint density at radius 3 is 2.50 bits per heavy atom. The fourth-order valence-electron chi connectivity index (χ4n) is 2.98. The minimum absolute atomic E-state index is 0.149. The van der Waals surface area contributed by atoms with Gasteiger partial charge in [0.15, 0.2) is 15.7 Å². The average Bonchev–Trinajstić information content (AvgIpc) is 3.33. The van der Waals surface area contributed by atoms with E-state index in [0.717, 1.165) is 29.9 Å². The highest BCUT2D eigenvalue weighted by atomic mass is 32.2. The fraction of sp³-hybridized carbons (Fsp3) is 0.412. The summed E-state index contributed by atoms with van der Waals surface area (Å²) in [6, 6.07) is 2.00. The van der Waals surface area contributed by atoms with Gasteiger partial charge in [0.05, 0.1) is 11.2 Å². The standard InChI is InChI=1S/C17H15F6N3O3S/c1-26-7-11(30(28,29)8-16(3-4-16)17(21,22)23)12(18)13(26)15(27)25-9-2-5-24-10(6-9)14(19)20/h2,5-7,14H,3-4,8H2,1H3,(H,24,25,27). The predicted molar refractivity (Wildman–Crippen MR) is 92.3 cm³/mol. The Kier molecular flexibility index (Phi) is 5.37. The van der Waals surface area contributed by atoms with E-state index >= 15 is 0 Å². The second-order valence-electron chi connectivity index (χ2n) is 7.03. The Balaban J connectivity index is 1.88. The monoisotopic (exact) mass is 455 g/mol. The first-order chi connectivity index (χ1) is 13.8. The summed E-state index contributed by atoms with van der Waals surface area (Å²) >= 11 is 0. The van der Waals surface area contributed by atoms with Crippen LogP contribution >= 0.6 is 0 Å². The van der Waals surface area contributed by atoms with Gasteiger partial charge in [-0.25, -0.2) is 21.6 Å². The zero-order chi connectivity index (χ0) is 22.5. The molecule has 0 radical (unpaired) electrons. The van der Waals surface area contributed by atoms with Crippen LogP contribution in [0.1, 0.15) is 35.4 Å². The lowest BCUT2D eigenvalue weighted by Gasteiger charge is -2.18. The number of sulfone groups is 1. The number of anilines is 1. The van der Waals surface area contributed by atoms with Crippen molar-refractivity contribution in [1.82, 2.24) is 9.55 Å². The highest BCUT2D eigenvalue weighted by Crippen LogP contribution is 2.58. The number of pyridine rings is 1. The van der Waals surface area contributed by atoms with Crippen molar-refractivity contribution in [2.45, 2.75) is 30.3 Å². The van der Waals surface area contributed by atoms with E-state index in [4.69, 9.17) is 0 Å². The molecule has 2 aromatic rings. The highest BCUT2D eigenvalue weighted by Gasteiger charge is 2.65. The van der Waals surface area contributed by atoms with Crippen molar-refractivity contribution in [2.75, 3.05) is 11.1 Å². The summed E-state index contributed by atoms with van der Waals surface area (Å²) in [5, 5.41) is 2.14. The number of hydrogen-bond acceptors (Lipinski definition) is 4. The van der Waals surface area contributed by atoms with Gasteiger partial charge in [-0.15, -0.1) is 0 Å². The topological polar surface area (TPSA) is 81.1 Å². The van der Waals surface area contributed by atoms with Gasteiger partial charge in [-0.3, -0.25) is 9.78 Å². The fourth-order valence-corrected chi connectivity index (χ4v) is 5.01. The van der Waals surface area contributed by atoms with Gasteiger partial charge < -0.3 is 9.88 Å². The highest BCUT2D eigenvalue weighted by molar-refractivity contribution is 7.91. The molecule has 1 fully saturated rings. The predicted octanol–water partition coefficient (Wildman–Crippen LogP) is 3.87. The molecule has 13 heteroatoms. The summed E-state index contributed by atoms with van der Waals surface area (Å²) in [6.07, 6.45) is -6.74. The third-order valence-corrected chi connectivity index (χ3v) is 6.71. The van der Waals surface area contributed by atoms with Crippen LogP contribution in [0.4, 0.5) is 32.0 Å². The van der Waals surface area contributed by atoms with Crippen LogP contribution in [0.25, 0.3) is 0 Å². The number of halogens is 6. The van der Waals surface area contributed by atoms with Gasteiger partial charge in [0, 0.05) is 25.1 Å². The van der Waals surface area contributed by atoms with E-state index in [-0.39, 0.29) is 18.5 Å². The molecule has 0 aliphatic heterocycles. The van der Waals surface area contributed by atoms with Crippen molar-refractivity contribution in [3.8, 4) is 0 Å². The van der Waals surface area contributed by atoms with Crippen molar-refractivity contribution < 1.29 is 39.6 Å². The summed E-state index contributed by atoms with van der Waals surface area (Å²) < 4.78 is 105. The molecule has 1 saturated carbocycles. The molecule has 0 atom stereocenters. The molecule has 3 rings (SSSR count). The molecule has 6 nitrogen and oxygen atoms in total. The van der Waals surface area contributed by atoms with Crippen LogP contribution in [0.15, 0.2) is 29.4 Å². The number of amides is 1. The summed E-state index contributed by atoms with van der Waals surface area (Å²) in [5.41, 5.74) is -3.99. The van der Waals surface area contributed by atoms with E-state index in [1.54, 1.807) is 0 Å². The zero-order valence-corrected chi connectivity index (χ0v) is 16.1. The molecule has 30 heavy (non-hydrogen) atoms. The lowest BCUT2D eigenvalue weighted by Crippen LogP contribution is -2.32. The van der Waals surface area contributed by atoms with Crippen molar-refractivity contribution in [3.63, 3.8) is 0 Å². The van der Waals surface area contributed by atoms with Gasteiger partial charge >= 0.3 is 6.18 Å². The minimum atomic E-state index is -4.75. The van der Waals surface area contributed by atoms with Crippen molar-refractivity contribution in [3.05, 3.63) is 41.7 Å². The Morgan fingerprint density at radius 2 is 1.97 bits per heavy atom. The van der Waals surface area contributed by atoms with E-state index in [1.807, 2.05) is 0 Å². The summed E-state index contributed by atoms with van der Waals surface area (Å²) in [6.45, 7) is 0. The largest absolute Gasteiger partial charge is 0.395 e. The minimum Gasteiger partial charge on any atom is -0.343 e. The summed E-state index contributed by atoms with van der Waals surface area (Å²) in [7, 11) is -3.57. The molecule has 0 bridgehead atoms. The molecule has 0 saturated heterocycles. The van der Waals surface area contributed by atoms with Crippen LogP contribution < -0.4 is 5.32 Å². The van der Waals surface area contributed by atoms with Crippen LogP contribution in [0.5, 0.6) is 0 Å². The molecule has 0 spiro atoms. The van der Waals surface area contributed by atoms with E-state index in [0.29, 0.717) is 6.20 Å². The number of carbonyl (C=O) groups excluding carboxylic acids is 1. The molecule has 164 valence electrons. The van der Waals surface area contributed by atoms with Crippen LogP contribution in [0.3, 0.4) is 0 Å². The molecule has 0 aromatic carbocycles. The van der Waals surface area contributed by atoms with Gasteiger partial charge in [-0.1, -0.05) is 0 Å². The van der Waals surface area contributed by atoms with E-state index in [1.165, 1.54) is 0 Å². The Bertz CT molecular complexity index is 1090. The van der Waals surface area contributed by atoms with Crippen molar-refractivity contribution >= 4 is 21.4 Å². The number of rotatable bonds is 6. The second kappa shape index (κ2) is 7.29. The Hall–Kier alpha value is -2.57. The molecule has 1 N–H and O–H groups in total. The van der Waals surface area contributed by atoms with Crippen molar-refractivity contribution in [2.24, 2.45) is 12.5 Å². The molecule has 2 aromatic heterocycles. The van der Waals surface area contributed by atoms with Gasteiger partial charge in [-0.2, -0.15) is 13.2 Å². The Morgan fingerprint density at radius 1 is 1.33 bits per heavy atom. The van der Waals surface area contributed by atoms with Crippen LogP contribution in [0, 0.1) is 11.2 Å². The molecule has 0 unspecified atom stereocenters. The maximum atomic E-state index is 14.8. The number of carbonyl (C=O) groups is 1. The lowest BCUT2D eigenvalue weighted by molar-refractivity contribution is -0.180. The number of aryl methyl sites for hydroxylation is 1. The third kappa shape index (κ3) is 4.02. The van der Waals surface area contributed by atoms with Crippen LogP contribution in [-0.2, 0) is 16.9 Å². The maximum absolute atomic E-state index is 14.8. The number of nitrogens with one attached hydrogen (secondary N) is 1. The zero-order valence-electron chi connectivity index (χ0n) is 15.3. The van der Waals surface area contributed by atoms with Crippen LogP contribution in [-0.4, -0.2) is 35.8 Å². The van der Waals surface area contributed by atoms with Gasteiger partial charge in [0.2, 0.25) is 0 Å². The van der Waals surface area contributed by atoms with Gasteiger partial charge in [-0.05, 0) is 25.0 Å². The molecule has 1 aliphatic carbocycles. The van der Waals surface area contributed by atoms with Crippen LogP contribution in [0.2, 0.25) is 0 Å². The van der Waals surface area contributed by atoms with Crippen molar-refractivity contribution in [1.29, 1.82) is 0 Å². The first-order valence-corrected chi connectivity index (χ1v) is 10.1. The maximum Gasteiger partial charge on any atom is 0.395 e. The SMILES string of the molecule is Cn1cc(S(=O)(=O)CC2(C(F)(F)F)CC2)c(F)c1C(=O)Nc1ccnc(C(F)F)c1. The second-order valence-corrected chi connectivity index (χ2v) is 8.99. The lowest BCUT2D eigenvalue weighted by atomic mass is 10.1. The number of nitrogens with zero attached hydrogens (tertiary/aromatic N) is 2. The van der Waals surface area contributed by atoms with E-state index < -0.39 is 61.6 Å². The Labute approximate surface area is 166 Å². The number of aromatic nitrogens is 2. The average molecular weight is 455 g/mol. The quantitative estimate of drug-likeness (QED) is 0.671. The number of alkyl halides is 5.